The Balaban J connectivity index is 1.52. The summed E-state index contributed by atoms with van der Waals surface area (Å²) in [5.74, 6) is -3.61. The lowest BCUT2D eigenvalue weighted by atomic mass is 9.70. The molecule has 0 radical (unpaired) electrons. The lowest BCUT2D eigenvalue weighted by Crippen LogP contribution is -2.59. The monoisotopic (exact) mass is 691 g/mol. The van der Waals surface area contributed by atoms with Crippen molar-refractivity contribution in [2.24, 2.45) is 11.8 Å². The Hall–Kier alpha value is -3.99. The molecule has 3 saturated heterocycles. The summed E-state index contributed by atoms with van der Waals surface area (Å²) >= 11 is 6.56. The number of fused-ring (bicyclic) bond motifs is 1. The molecule has 0 aliphatic carbocycles. The van der Waals surface area contributed by atoms with E-state index < -0.39 is 65.6 Å². The number of benzene rings is 2. The lowest BCUT2D eigenvalue weighted by Gasteiger charge is -2.39. The zero-order valence-corrected chi connectivity index (χ0v) is 29.1. The fourth-order valence-corrected chi connectivity index (χ4v) is 8.06. The van der Waals surface area contributed by atoms with E-state index in [0.717, 1.165) is 0 Å². The third-order valence-corrected chi connectivity index (χ3v) is 10.7. The van der Waals surface area contributed by atoms with Gasteiger partial charge < -0.3 is 29.3 Å². The van der Waals surface area contributed by atoms with Gasteiger partial charge in [0.1, 0.15) is 17.7 Å². The van der Waals surface area contributed by atoms with Gasteiger partial charge >= 0.3 is 5.97 Å². The van der Waals surface area contributed by atoms with Crippen LogP contribution in [0.1, 0.15) is 57.6 Å². The molecule has 10 nitrogen and oxygen atoms in total. The number of likely N-dealkylation sites (tertiary alicyclic amines) is 1. The van der Waals surface area contributed by atoms with E-state index in [4.69, 9.17) is 21.1 Å². The molecule has 11 heteroatoms. The molecule has 49 heavy (non-hydrogen) atoms. The van der Waals surface area contributed by atoms with Crippen molar-refractivity contribution in [2.45, 2.75) is 81.9 Å². The van der Waals surface area contributed by atoms with Crippen LogP contribution in [0.15, 0.2) is 79.9 Å². The highest BCUT2D eigenvalue weighted by atomic mass is 35.5. The van der Waals surface area contributed by atoms with Crippen molar-refractivity contribution in [3.8, 4) is 0 Å². The zero-order valence-electron chi connectivity index (χ0n) is 28.4. The first-order valence-electron chi connectivity index (χ1n) is 17.0. The molecule has 2 aromatic rings. The topological polar surface area (TPSA) is 117 Å². The van der Waals surface area contributed by atoms with Crippen LogP contribution in [-0.4, -0.2) is 88.6 Å². The highest BCUT2D eigenvalue weighted by Gasteiger charge is 2.75. The van der Waals surface area contributed by atoms with Crippen LogP contribution < -0.4 is 4.90 Å². The maximum absolute atomic E-state index is 14.8. The molecule has 0 saturated carbocycles. The summed E-state index contributed by atoms with van der Waals surface area (Å²) < 4.78 is 12.9. The number of allylic oxidation sites excluding steroid dienone is 1. The van der Waals surface area contributed by atoms with Crippen molar-refractivity contribution in [3.63, 3.8) is 0 Å². The Morgan fingerprint density at radius 3 is 2.47 bits per heavy atom. The van der Waals surface area contributed by atoms with E-state index >= 15 is 0 Å². The second-order valence-corrected chi connectivity index (χ2v) is 13.5. The molecule has 3 aliphatic heterocycles. The number of nitrogens with zero attached hydrogens (tertiary/aromatic N) is 3. The van der Waals surface area contributed by atoms with E-state index in [9.17, 15) is 24.3 Å². The van der Waals surface area contributed by atoms with Gasteiger partial charge in [-0.3, -0.25) is 19.2 Å². The number of halogens is 1. The van der Waals surface area contributed by atoms with Crippen molar-refractivity contribution in [2.75, 3.05) is 25.1 Å². The number of carbonyl (C=O) groups is 4. The summed E-state index contributed by atoms with van der Waals surface area (Å²) in [7, 11) is 1.68. The molecule has 3 amide bonds. The highest BCUT2D eigenvalue weighted by Crippen LogP contribution is 2.59. The van der Waals surface area contributed by atoms with Crippen LogP contribution in [0.2, 0.25) is 5.02 Å². The molecular formula is C38H46ClN3O7. The third-order valence-electron chi connectivity index (χ3n) is 10.4. The van der Waals surface area contributed by atoms with Crippen molar-refractivity contribution < 1.29 is 33.8 Å². The van der Waals surface area contributed by atoms with E-state index in [2.05, 4.69) is 13.2 Å². The SMILES string of the molecule is C=CCCC(=O)N(C)[C@H](C)[C@H](OC(=O)[C@@H]1[C@H]2C(=O)N([C@@H](CC)CO)[C@H](C(=O)N(CC=C)c3ccccc3Cl)[C@]23CC[C@H]1O3)c1ccccc1. The fourth-order valence-electron chi connectivity index (χ4n) is 7.82. The van der Waals surface area contributed by atoms with Crippen LogP contribution in [0.3, 0.4) is 0 Å². The second-order valence-electron chi connectivity index (χ2n) is 13.1. The third kappa shape index (κ3) is 6.54. The van der Waals surface area contributed by atoms with E-state index in [-0.39, 0.29) is 25.5 Å². The minimum Gasteiger partial charge on any atom is -0.455 e. The highest BCUT2D eigenvalue weighted by molar-refractivity contribution is 6.34. The van der Waals surface area contributed by atoms with Gasteiger partial charge in [0.25, 0.3) is 5.91 Å². The minimum absolute atomic E-state index is 0.113. The Morgan fingerprint density at radius 1 is 1.14 bits per heavy atom. The second kappa shape index (κ2) is 15.3. The summed E-state index contributed by atoms with van der Waals surface area (Å²) in [6.45, 7) is 10.9. The van der Waals surface area contributed by atoms with Crippen molar-refractivity contribution in [3.05, 3.63) is 90.5 Å². The number of ether oxygens (including phenoxy) is 2. The first-order valence-corrected chi connectivity index (χ1v) is 17.3. The molecule has 1 spiro atoms. The van der Waals surface area contributed by atoms with E-state index in [1.54, 1.807) is 48.4 Å². The smallest absolute Gasteiger partial charge is 0.313 e. The molecule has 3 aliphatic rings. The van der Waals surface area contributed by atoms with Gasteiger partial charge in [0.05, 0.1) is 47.3 Å². The molecule has 0 aromatic heterocycles. The van der Waals surface area contributed by atoms with Crippen molar-refractivity contribution in [1.29, 1.82) is 0 Å². The quantitative estimate of drug-likeness (QED) is 0.204. The van der Waals surface area contributed by atoms with Gasteiger partial charge in [-0.05, 0) is 50.3 Å². The molecule has 3 heterocycles. The molecule has 2 bridgehead atoms. The number of hydrogen-bond donors (Lipinski definition) is 1. The van der Waals surface area contributed by atoms with Gasteiger partial charge in [0.2, 0.25) is 11.8 Å². The van der Waals surface area contributed by atoms with E-state index in [1.165, 1.54) is 9.80 Å². The van der Waals surface area contributed by atoms with Gasteiger partial charge in [-0.1, -0.05) is 73.1 Å². The number of likely N-dealkylation sites (N-methyl/N-ethyl adjacent to an activating group) is 1. The Bertz CT molecular complexity index is 1570. The number of para-hydroxylation sites is 1. The van der Waals surface area contributed by atoms with Crippen LogP contribution >= 0.6 is 11.6 Å². The molecule has 8 atom stereocenters. The number of anilines is 1. The van der Waals surface area contributed by atoms with Gasteiger partial charge in [-0.25, -0.2) is 0 Å². The predicted molar refractivity (Wildman–Crippen MR) is 187 cm³/mol. The van der Waals surface area contributed by atoms with Crippen LogP contribution in [-0.2, 0) is 28.7 Å². The normalized spacial score (nSPS) is 25.7. The summed E-state index contributed by atoms with van der Waals surface area (Å²) in [5, 5.41) is 10.8. The summed E-state index contributed by atoms with van der Waals surface area (Å²) in [6.07, 6.45) is 3.74. The summed E-state index contributed by atoms with van der Waals surface area (Å²) in [4.78, 5) is 61.2. The Kier molecular flexibility index (Phi) is 11.3. The molecular weight excluding hydrogens is 646 g/mol. The number of amides is 3. The number of carbonyl (C=O) groups excluding carboxylic acids is 4. The average Bonchev–Trinajstić information content (AvgIpc) is 3.76. The number of hydrogen-bond acceptors (Lipinski definition) is 7. The molecule has 0 unspecified atom stereocenters. The van der Waals surface area contributed by atoms with Crippen LogP contribution in [0.25, 0.3) is 0 Å². The standard InChI is InChI=1S/C38H46ClN3O7/c1-6-9-19-30(44)40(5)24(4)33(25-15-11-10-12-16-25)48-37(47)31-29-20-21-38(49-29)32(31)35(45)42(26(8-3)23-43)34(38)36(46)41(22-7-2)28-18-14-13-17-27(28)39/h6-7,10-18,24,26,29,31-34,43H,1-2,8-9,19-23H2,3-5H3/t24-,26+,29-,31+,32+,33+,34-,38+/m1/s1. The van der Waals surface area contributed by atoms with Gasteiger partial charge in [0.15, 0.2) is 0 Å². The van der Waals surface area contributed by atoms with E-state index in [1.807, 2.05) is 44.2 Å². The first kappa shape index (κ1) is 36.3. The average molecular weight is 692 g/mol. The van der Waals surface area contributed by atoms with E-state index in [0.29, 0.717) is 42.0 Å². The van der Waals surface area contributed by atoms with Crippen LogP contribution in [0, 0.1) is 11.8 Å². The van der Waals surface area contributed by atoms with Gasteiger partial charge in [-0.15, -0.1) is 13.2 Å². The molecule has 262 valence electrons. The van der Waals surface area contributed by atoms with Crippen LogP contribution in [0.5, 0.6) is 0 Å². The predicted octanol–water partition coefficient (Wildman–Crippen LogP) is 5.10. The molecule has 1 N–H and O–H groups in total. The maximum atomic E-state index is 14.8. The summed E-state index contributed by atoms with van der Waals surface area (Å²) in [6, 6.07) is 13.8. The molecule has 5 rings (SSSR count). The largest absolute Gasteiger partial charge is 0.455 e. The Labute approximate surface area is 293 Å². The first-order chi connectivity index (χ1) is 23.6. The zero-order chi connectivity index (χ0) is 35.5. The minimum atomic E-state index is -1.32. The molecule has 3 fully saturated rings. The Morgan fingerprint density at radius 2 is 1.84 bits per heavy atom. The van der Waals surface area contributed by atoms with Gasteiger partial charge in [0, 0.05) is 20.0 Å². The number of rotatable bonds is 15. The van der Waals surface area contributed by atoms with Crippen molar-refractivity contribution >= 4 is 41.0 Å². The maximum Gasteiger partial charge on any atom is 0.313 e. The van der Waals surface area contributed by atoms with Crippen molar-refractivity contribution in [1.82, 2.24) is 9.80 Å². The van der Waals surface area contributed by atoms with Crippen LogP contribution in [0.4, 0.5) is 5.69 Å². The number of aliphatic hydroxyl groups is 1. The lowest BCUT2D eigenvalue weighted by molar-refractivity contribution is -0.165. The fraction of sp³-hybridized carbons (Fsp3) is 0.474. The number of esters is 1. The molecule has 2 aromatic carbocycles. The summed E-state index contributed by atoms with van der Waals surface area (Å²) in [5.41, 5.74) is -0.172. The van der Waals surface area contributed by atoms with Gasteiger partial charge in [-0.2, -0.15) is 0 Å². The number of aliphatic hydroxyl groups excluding tert-OH is 1.